The molecule has 0 bridgehead atoms. The summed E-state index contributed by atoms with van der Waals surface area (Å²) in [6.07, 6.45) is 14.0. The van der Waals surface area contributed by atoms with Crippen molar-refractivity contribution in [3.8, 4) is 0 Å². The van der Waals surface area contributed by atoms with Crippen LogP contribution in [0.25, 0.3) is 11.1 Å². The molecule has 2 aliphatic rings. The van der Waals surface area contributed by atoms with E-state index in [-0.39, 0.29) is 5.78 Å². The minimum absolute atomic E-state index is 0.161. The molecule has 0 heterocycles. The van der Waals surface area contributed by atoms with Crippen LogP contribution in [0.5, 0.6) is 0 Å². The number of hydrogen-bond donors (Lipinski definition) is 0. The van der Waals surface area contributed by atoms with Crippen molar-refractivity contribution in [3.63, 3.8) is 0 Å². The first kappa shape index (κ1) is 17.0. The third-order valence-corrected chi connectivity index (χ3v) is 5.62. The standard InChI is InChI=1S/C25H26O/c26-25(23-17-9-7-15-21(23)19-11-3-1-4-12-19)24-18-10-8-16-22(24)20-13-5-2-6-14-20/h7-11,13,15-18H,1-6,12,14H2. The van der Waals surface area contributed by atoms with Crippen LogP contribution in [0.3, 0.4) is 0 Å². The fraction of sp³-hybridized carbons (Fsp3) is 0.320. The quantitative estimate of drug-likeness (QED) is 0.556. The lowest BCUT2D eigenvalue weighted by Gasteiger charge is -2.19. The summed E-state index contributed by atoms with van der Waals surface area (Å²) in [5.74, 6) is 0.161. The van der Waals surface area contributed by atoms with Gasteiger partial charge in [-0.15, -0.1) is 0 Å². The van der Waals surface area contributed by atoms with E-state index in [1.807, 2.05) is 24.3 Å². The first-order valence-corrected chi connectivity index (χ1v) is 9.96. The molecule has 1 heteroatoms. The Bertz CT molecular complexity index is 798. The van der Waals surface area contributed by atoms with E-state index in [1.54, 1.807) is 0 Å². The van der Waals surface area contributed by atoms with Gasteiger partial charge in [0.1, 0.15) is 0 Å². The van der Waals surface area contributed by atoms with Gasteiger partial charge in [-0.1, -0.05) is 60.7 Å². The van der Waals surface area contributed by atoms with E-state index in [2.05, 4.69) is 36.4 Å². The van der Waals surface area contributed by atoms with Gasteiger partial charge in [0.05, 0.1) is 0 Å². The van der Waals surface area contributed by atoms with Crippen LogP contribution in [0.4, 0.5) is 0 Å². The molecule has 1 nitrogen and oxygen atoms in total. The van der Waals surface area contributed by atoms with Crippen LogP contribution in [0.2, 0.25) is 0 Å². The van der Waals surface area contributed by atoms with Gasteiger partial charge in [-0.3, -0.25) is 4.79 Å². The highest BCUT2D eigenvalue weighted by atomic mass is 16.1. The predicted octanol–water partition coefficient (Wildman–Crippen LogP) is 6.83. The Balaban J connectivity index is 1.76. The molecule has 0 aliphatic heterocycles. The fourth-order valence-electron chi connectivity index (χ4n) is 4.23. The van der Waals surface area contributed by atoms with Crippen molar-refractivity contribution in [1.29, 1.82) is 0 Å². The lowest BCUT2D eigenvalue weighted by molar-refractivity contribution is 0.103. The second-order valence-electron chi connectivity index (χ2n) is 7.37. The minimum Gasteiger partial charge on any atom is -0.289 e. The third-order valence-electron chi connectivity index (χ3n) is 5.62. The Morgan fingerprint density at radius 3 is 1.50 bits per heavy atom. The van der Waals surface area contributed by atoms with Gasteiger partial charge < -0.3 is 0 Å². The van der Waals surface area contributed by atoms with Crippen LogP contribution in [-0.2, 0) is 0 Å². The number of carbonyl (C=O) groups excluding carboxylic acids is 1. The Morgan fingerprint density at radius 1 is 0.615 bits per heavy atom. The monoisotopic (exact) mass is 342 g/mol. The molecule has 4 rings (SSSR count). The van der Waals surface area contributed by atoms with Crippen LogP contribution < -0.4 is 0 Å². The zero-order valence-electron chi connectivity index (χ0n) is 15.3. The van der Waals surface area contributed by atoms with E-state index >= 15 is 0 Å². The normalized spacial score (nSPS) is 17.4. The molecule has 0 unspecified atom stereocenters. The third kappa shape index (κ3) is 3.44. The van der Waals surface area contributed by atoms with Crippen molar-refractivity contribution >= 4 is 16.9 Å². The summed E-state index contributed by atoms with van der Waals surface area (Å²) < 4.78 is 0. The number of carbonyl (C=O) groups is 1. The van der Waals surface area contributed by atoms with Gasteiger partial charge >= 0.3 is 0 Å². The molecule has 2 aromatic carbocycles. The highest BCUT2D eigenvalue weighted by Crippen LogP contribution is 2.33. The van der Waals surface area contributed by atoms with E-state index in [0.717, 1.165) is 47.9 Å². The molecule has 2 aliphatic carbocycles. The van der Waals surface area contributed by atoms with Crippen molar-refractivity contribution in [2.24, 2.45) is 0 Å². The molecule has 0 spiro atoms. The molecule has 26 heavy (non-hydrogen) atoms. The Kier molecular flexibility index (Phi) is 5.15. The second kappa shape index (κ2) is 7.86. The summed E-state index contributed by atoms with van der Waals surface area (Å²) in [5, 5.41) is 0. The summed E-state index contributed by atoms with van der Waals surface area (Å²) in [6, 6.07) is 16.3. The second-order valence-corrected chi connectivity index (χ2v) is 7.37. The molecular formula is C25H26O. The van der Waals surface area contributed by atoms with Crippen LogP contribution >= 0.6 is 0 Å². The summed E-state index contributed by atoms with van der Waals surface area (Å²) in [4.78, 5) is 13.5. The van der Waals surface area contributed by atoms with Gasteiger partial charge in [-0.05, 0) is 73.6 Å². The SMILES string of the molecule is O=C(c1ccccc1C1=CCCCC1)c1ccccc1C1=CCCCC1. The number of hydrogen-bond acceptors (Lipinski definition) is 1. The van der Waals surface area contributed by atoms with Gasteiger partial charge in [-0.2, -0.15) is 0 Å². The highest BCUT2D eigenvalue weighted by molar-refractivity contribution is 6.14. The van der Waals surface area contributed by atoms with E-state index in [0.29, 0.717) is 0 Å². The first-order valence-electron chi connectivity index (χ1n) is 9.96. The molecule has 132 valence electrons. The van der Waals surface area contributed by atoms with Crippen molar-refractivity contribution in [2.75, 3.05) is 0 Å². The molecule has 2 aromatic rings. The van der Waals surface area contributed by atoms with E-state index < -0.39 is 0 Å². The van der Waals surface area contributed by atoms with Crippen molar-refractivity contribution in [3.05, 3.63) is 82.9 Å². The van der Waals surface area contributed by atoms with Gasteiger partial charge in [-0.25, -0.2) is 0 Å². The van der Waals surface area contributed by atoms with Crippen LogP contribution in [0.1, 0.15) is 78.4 Å². The lowest BCUT2D eigenvalue weighted by atomic mass is 9.85. The fourth-order valence-corrected chi connectivity index (χ4v) is 4.23. The topological polar surface area (TPSA) is 17.1 Å². The van der Waals surface area contributed by atoms with Gasteiger partial charge in [0.15, 0.2) is 5.78 Å². The molecule has 0 amide bonds. The van der Waals surface area contributed by atoms with Crippen molar-refractivity contribution in [1.82, 2.24) is 0 Å². The number of benzene rings is 2. The maximum Gasteiger partial charge on any atom is 0.194 e. The average Bonchev–Trinajstić information content (AvgIpc) is 2.74. The Morgan fingerprint density at radius 2 is 1.08 bits per heavy atom. The largest absolute Gasteiger partial charge is 0.289 e. The number of rotatable bonds is 4. The minimum atomic E-state index is 0.161. The smallest absolute Gasteiger partial charge is 0.194 e. The maximum absolute atomic E-state index is 13.5. The zero-order valence-corrected chi connectivity index (χ0v) is 15.3. The van der Waals surface area contributed by atoms with Crippen molar-refractivity contribution in [2.45, 2.75) is 51.4 Å². The maximum atomic E-state index is 13.5. The Labute approximate surface area is 156 Å². The van der Waals surface area contributed by atoms with Gasteiger partial charge in [0.2, 0.25) is 0 Å². The summed E-state index contributed by atoms with van der Waals surface area (Å²) >= 11 is 0. The molecule has 0 saturated carbocycles. The van der Waals surface area contributed by atoms with Crippen LogP contribution in [0, 0.1) is 0 Å². The predicted molar refractivity (Wildman–Crippen MR) is 109 cm³/mol. The summed E-state index contributed by atoms with van der Waals surface area (Å²) in [7, 11) is 0. The zero-order chi connectivity index (χ0) is 17.8. The van der Waals surface area contributed by atoms with E-state index in [9.17, 15) is 4.79 Å². The summed E-state index contributed by atoms with van der Waals surface area (Å²) in [5.41, 5.74) is 6.65. The number of allylic oxidation sites excluding steroid dienone is 4. The lowest BCUT2D eigenvalue weighted by Crippen LogP contribution is -2.09. The molecule has 0 saturated heterocycles. The molecule has 0 atom stereocenters. The van der Waals surface area contributed by atoms with Gasteiger partial charge in [0.25, 0.3) is 0 Å². The molecule has 0 fully saturated rings. The Hall–Kier alpha value is -2.41. The van der Waals surface area contributed by atoms with Crippen LogP contribution in [0.15, 0.2) is 60.7 Å². The van der Waals surface area contributed by atoms with Crippen molar-refractivity contribution < 1.29 is 4.79 Å². The van der Waals surface area contributed by atoms with E-state index in [1.165, 1.54) is 36.8 Å². The van der Waals surface area contributed by atoms with Gasteiger partial charge in [0, 0.05) is 11.1 Å². The van der Waals surface area contributed by atoms with Crippen LogP contribution in [-0.4, -0.2) is 5.78 Å². The highest BCUT2D eigenvalue weighted by Gasteiger charge is 2.20. The summed E-state index contributed by atoms with van der Waals surface area (Å²) in [6.45, 7) is 0. The molecule has 0 aromatic heterocycles. The molecule has 0 radical (unpaired) electrons. The molecule has 0 N–H and O–H groups in total. The average molecular weight is 342 g/mol. The first-order chi connectivity index (χ1) is 12.8. The molecular weight excluding hydrogens is 316 g/mol. The number of ketones is 1. The van der Waals surface area contributed by atoms with E-state index in [4.69, 9.17) is 0 Å².